The zero-order valence-corrected chi connectivity index (χ0v) is 12.2. The number of para-hydroxylation sites is 1. The van der Waals surface area contributed by atoms with E-state index in [2.05, 4.69) is 10.3 Å². The number of halogens is 1. The topological polar surface area (TPSA) is 68.2 Å². The first-order valence-electron chi connectivity index (χ1n) is 7.65. The Balaban J connectivity index is 1.80. The molecule has 0 aliphatic carbocycles. The van der Waals surface area contributed by atoms with Crippen LogP contribution in [0.1, 0.15) is 18.5 Å². The van der Waals surface area contributed by atoms with Gasteiger partial charge in [-0.25, -0.2) is 14.4 Å². The summed E-state index contributed by atoms with van der Waals surface area (Å²) in [6, 6.07) is 4.91. The van der Waals surface area contributed by atoms with Crippen LogP contribution in [0.15, 0.2) is 24.4 Å². The average molecular weight is 299 g/mol. The van der Waals surface area contributed by atoms with Gasteiger partial charge in [-0.2, -0.15) is 0 Å². The monoisotopic (exact) mass is 299 g/mol. The van der Waals surface area contributed by atoms with Gasteiger partial charge in [-0.05, 0) is 50.4 Å². The minimum absolute atomic E-state index is 0.275. The van der Waals surface area contributed by atoms with E-state index in [0.717, 1.165) is 38.0 Å². The second-order valence-corrected chi connectivity index (χ2v) is 5.93. The minimum Gasteiger partial charge on any atom is -0.369 e. The molecule has 0 atom stereocenters. The Hall–Kier alpha value is -2.21. The third-order valence-electron chi connectivity index (χ3n) is 4.41. The fourth-order valence-corrected chi connectivity index (χ4v) is 3.25. The molecule has 22 heavy (non-hydrogen) atoms. The number of nitrogens with zero attached hydrogens (tertiary/aromatic N) is 3. The number of imidazole rings is 1. The molecule has 6 heteroatoms. The molecule has 2 aromatic heterocycles. The van der Waals surface area contributed by atoms with E-state index in [9.17, 15) is 4.39 Å². The summed E-state index contributed by atoms with van der Waals surface area (Å²) in [6.45, 7) is 2.13. The molecule has 5 nitrogen and oxygen atoms in total. The van der Waals surface area contributed by atoms with Crippen molar-refractivity contribution >= 4 is 22.5 Å². The van der Waals surface area contributed by atoms with Crippen molar-refractivity contribution in [1.29, 1.82) is 0 Å². The van der Waals surface area contributed by atoms with Crippen molar-refractivity contribution in [3.63, 3.8) is 0 Å². The van der Waals surface area contributed by atoms with Crippen molar-refractivity contribution in [3.8, 4) is 0 Å². The van der Waals surface area contributed by atoms with Crippen LogP contribution in [0.3, 0.4) is 0 Å². The third-order valence-corrected chi connectivity index (χ3v) is 4.41. The highest BCUT2D eigenvalue weighted by Crippen LogP contribution is 2.24. The first-order valence-corrected chi connectivity index (χ1v) is 7.65. The maximum Gasteiger partial charge on any atom is 0.206 e. The smallest absolute Gasteiger partial charge is 0.206 e. The number of nitrogens with two attached hydrogens (primary N) is 1. The fourth-order valence-electron chi connectivity index (χ4n) is 3.25. The molecule has 1 saturated heterocycles. The molecule has 4 rings (SSSR count). The SMILES string of the molecule is Nc1nc2c(F)cccc2c2nc(CC3CCNCC3)cn12. The lowest BCUT2D eigenvalue weighted by atomic mass is 9.93. The molecule has 1 fully saturated rings. The Labute approximate surface area is 127 Å². The maximum atomic E-state index is 13.9. The number of aromatic nitrogens is 3. The number of hydrogen-bond acceptors (Lipinski definition) is 4. The third kappa shape index (κ3) is 2.20. The molecule has 0 spiro atoms. The van der Waals surface area contributed by atoms with Crippen LogP contribution in [-0.2, 0) is 6.42 Å². The number of fused-ring (bicyclic) bond motifs is 3. The first kappa shape index (κ1) is 13.5. The molecule has 0 saturated carbocycles. The number of hydrogen-bond donors (Lipinski definition) is 2. The van der Waals surface area contributed by atoms with Crippen LogP contribution < -0.4 is 11.1 Å². The summed E-state index contributed by atoms with van der Waals surface area (Å²) in [5, 5.41) is 4.07. The molecule has 1 aliphatic rings. The van der Waals surface area contributed by atoms with E-state index >= 15 is 0 Å². The number of benzene rings is 1. The second-order valence-electron chi connectivity index (χ2n) is 5.93. The summed E-state index contributed by atoms with van der Waals surface area (Å²) in [7, 11) is 0. The quantitative estimate of drug-likeness (QED) is 0.761. The van der Waals surface area contributed by atoms with Gasteiger partial charge in [-0.3, -0.25) is 4.40 Å². The van der Waals surface area contributed by atoms with Crippen LogP contribution in [0.4, 0.5) is 10.3 Å². The largest absolute Gasteiger partial charge is 0.369 e. The predicted molar refractivity (Wildman–Crippen MR) is 84.2 cm³/mol. The number of rotatable bonds is 2. The van der Waals surface area contributed by atoms with Gasteiger partial charge in [0, 0.05) is 11.6 Å². The fraction of sp³-hybridized carbons (Fsp3) is 0.375. The zero-order valence-electron chi connectivity index (χ0n) is 12.2. The van der Waals surface area contributed by atoms with Crippen molar-refractivity contribution in [2.45, 2.75) is 19.3 Å². The van der Waals surface area contributed by atoms with Crippen LogP contribution in [-0.4, -0.2) is 27.5 Å². The molecule has 0 amide bonds. The van der Waals surface area contributed by atoms with E-state index in [1.54, 1.807) is 10.5 Å². The maximum absolute atomic E-state index is 13.9. The normalized spacial score (nSPS) is 16.6. The van der Waals surface area contributed by atoms with Gasteiger partial charge in [0.1, 0.15) is 17.0 Å². The summed E-state index contributed by atoms with van der Waals surface area (Å²) in [5.74, 6) is 0.551. The van der Waals surface area contributed by atoms with Gasteiger partial charge >= 0.3 is 0 Å². The van der Waals surface area contributed by atoms with E-state index in [-0.39, 0.29) is 17.3 Å². The molecular formula is C16H18FN5. The zero-order chi connectivity index (χ0) is 15.1. The van der Waals surface area contributed by atoms with Crippen LogP contribution in [0, 0.1) is 11.7 Å². The minimum atomic E-state index is -0.366. The van der Waals surface area contributed by atoms with Crippen LogP contribution >= 0.6 is 0 Å². The highest BCUT2D eigenvalue weighted by Gasteiger charge is 2.17. The van der Waals surface area contributed by atoms with Crippen molar-refractivity contribution in [3.05, 3.63) is 35.9 Å². The molecule has 114 valence electrons. The van der Waals surface area contributed by atoms with Crippen LogP contribution in [0.2, 0.25) is 0 Å². The highest BCUT2D eigenvalue weighted by atomic mass is 19.1. The number of anilines is 1. The molecule has 0 unspecified atom stereocenters. The van der Waals surface area contributed by atoms with Gasteiger partial charge in [0.05, 0.1) is 5.69 Å². The van der Waals surface area contributed by atoms with Gasteiger partial charge in [0.15, 0.2) is 0 Å². The summed E-state index contributed by atoms with van der Waals surface area (Å²) in [5.41, 5.74) is 7.94. The molecule has 0 radical (unpaired) electrons. The Bertz CT molecular complexity index is 835. The highest BCUT2D eigenvalue weighted by molar-refractivity contribution is 5.92. The van der Waals surface area contributed by atoms with E-state index in [1.807, 2.05) is 12.3 Å². The van der Waals surface area contributed by atoms with E-state index in [0.29, 0.717) is 17.0 Å². The Morgan fingerprint density at radius 3 is 2.91 bits per heavy atom. The van der Waals surface area contributed by atoms with E-state index in [1.165, 1.54) is 6.07 Å². The summed E-state index contributed by atoms with van der Waals surface area (Å²) in [4.78, 5) is 8.87. The first-order chi connectivity index (χ1) is 10.7. The molecule has 1 aliphatic heterocycles. The number of nitrogen functional groups attached to an aromatic ring is 1. The standard InChI is InChI=1S/C16H18FN5/c17-13-3-1-2-12-14(13)21-16(18)22-9-11(20-15(12)22)8-10-4-6-19-7-5-10/h1-3,9-10,19H,4-8H2,(H2,18,21). The average Bonchev–Trinajstić information content (AvgIpc) is 2.94. The van der Waals surface area contributed by atoms with Crippen molar-refractivity contribution < 1.29 is 4.39 Å². The van der Waals surface area contributed by atoms with E-state index in [4.69, 9.17) is 10.7 Å². The Morgan fingerprint density at radius 1 is 1.27 bits per heavy atom. The van der Waals surface area contributed by atoms with Gasteiger partial charge in [0.2, 0.25) is 5.95 Å². The Kier molecular flexibility index (Phi) is 3.18. The van der Waals surface area contributed by atoms with Gasteiger partial charge in [0.25, 0.3) is 0 Å². The van der Waals surface area contributed by atoms with Crippen molar-refractivity contribution in [1.82, 2.24) is 19.7 Å². The summed E-state index contributed by atoms with van der Waals surface area (Å²) in [6.07, 6.45) is 5.19. The second kappa shape index (κ2) is 5.21. The molecular weight excluding hydrogens is 281 g/mol. The summed E-state index contributed by atoms with van der Waals surface area (Å²) < 4.78 is 15.7. The summed E-state index contributed by atoms with van der Waals surface area (Å²) >= 11 is 0. The molecule has 0 bridgehead atoms. The molecule has 3 aromatic rings. The predicted octanol–water partition coefficient (Wildman–Crippen LogP) is 2.15. The lowest BCUT2D eigenvalue weighted by Crippen LogP contribution is -2.28. The molecule has 3 heterocycles. The Morgan fingerprint density at radius 2 is 2.09 bits per heavy atom. The number of nitrogens with one attached hydrogen (secondary N) is 1. The number of piperidine rings is 1. The van der Waals surface area contributed by atoms with Gasteiger partial charge in [-0.15, -0.1) is 0 Å². The van der Waals surface area contributed by atoms with E-state index < -0.39 is 0 Å². The van der Waals surface area contributed by atoms with Crippen LogP contribution in [0.25, 0.3) is 16.6 Å². The van der Waals surface area contributed by atoms with Gasteiger partial charge < -0.3 is 11.1 Å². The van der Waals surface area contributed by atoms with Crippen molar-refractivity contribution in [2.75, 3.05) is 18.8 Å². The van der Waals surface area contributed by atoms with Gasteiger partial charge in [-0.1, -0.05) is 6.07 Å². The molecule has 3 N–H and O–H groups in total. The lowest BCUT2D eigenvalue weighted by molar-refractivity contribution is 0.370. The van der Waals surface area contributed by atoms with Crippen LogP contribution in [0.5, 0.6) is 0 Å². The lowest BCUT2D eigenvalue weighted by Gasteiger charge is -2.21. The van der Waals surface area contributed by atoms with Crippen molar-refractivity contribution in [2.24, 2.45) is 5.92 Å². The molecule has 1 aromatic carbocycles.